The molecule has 0 bridgehead atoms. The van der Waals surface area contributed by atoms with E-state index in [1.165, 1.54) is 199 Å². The zero-order valence-electron chi connectivity index (χ0n) is 62.7. The van der Waals surface area contributed by atoms with E-state index in [2.05, 4.69) is 64.2 Å². The summed E-state index contributed by atoms with van der Waals surface area (Å²) in [6.07, 6.45) is 69.5. The number of unbranched alkanes of at least 4 members (excludes halogenated alkanes) is 42. The first kappa shape index (κ1) is 95.0. The minimum absolute atomic E-state index is 0.0255. The molecular formula is C79H146O17P2. The van der Waals surface area contributed by atoms with Gasteiger partial charge >= 0.3 is 39.5 Å². The molecule has 19 heteroatoms. The van der Waals surface area contributed by atoms with Gasteiger partial charge in [0.05, 0.1) is 26.4 Å². The minimum atomic E-state index is -4.98. The quantitative estimate of drug-likeness (QED) is 0.0169. The number of ether oxygens (including phenoxy) is 4. The summed E-state index contributed by atoms with van der Waals surface area (Å²) in [7, 11) is -9.95. The first-order valence-electron chi connectivity index (χ1n) is 39.9. The Morgan fingerprint density at radius 3 is 0.806 bits per heavy atom. The van der Waals surface area contributed by atoms with Crippen LogP contribution in [0.25, 0.3) is 0 Å². The van der Waals surface area contributed by atoms with Crippen LogP contribution in [-0.4, -0.2) is 96.7 Å². The second-order valence-corrected chi connectivity index (χ2v) is 29.9. The Morgan fingerprint density at radius 2 is 0.510 bits per heavy atom. The van der Waals surface area contributed by atoms with Crippen LogP contribution in [0.2, 0.25) is 0 Å². The van der Waals surface area contributed by atoms with Gasteiger partial charge in [-0.1, -0.05) is 333 Å². The number of carbonyl (C=O) groups excluding carboxylic acids is 4. The lowest BCUT2D eigenvalue weighted by Gasteiger charge is -2.21. The number of allylic oxidation sites excluding steroid dienone is 8. The lowest BCUT2D eigenvalue weighted by atomic mass is 10.0. The van der Waals surface area contributed by atoms with Crippen LogP contribution in [0, 0.1) is 0 Å². The highest BCUT2D eigenvalue weighted by atomic mass is 31.2. The van der Waals surface area contributed by atoms with Crippen molar-refractivity contribution in [3.63, 3.8) is 0 Å². The SMILES string of the molecule is CCCCC/C=C\C/C=C\C/C=C\C/C=C\CCCC(=O)O[C@H](COC(=O)CCCCCCCCCCCCCCC)COP(=O)(O)OC[C@@H](O)COP(=O)(O)OC[C@@H](COC(=O)CCCCCCCCCCCCCCC)OC(=O)CCCCCCCCCCCCCCCCC. The monoisotopic (exact) mass is 1430 g/mol. The Bertz CT molecular complexity index is 2050. The van der Waals surface area contributed by atoms with E-state index < -0.39 is 97.5 Å². The number of aliphatic hydroxyl groups is 1. The molecule has 0 aliphatic carbocycles. The largest absolute Gasteiger partial charge is 0.472 e. The molecule has 17 nitrogen and oxygen atoms in total. The molecule has 0 aromatic rings. The van der Waals surface area contributed by atoms with Gasteiger partial charge in [-0.2, -0.15) is 0 Å². The summed E-state index contributed by atoms with van der Waals surface area (Å²) in [5, 5.41) is 10.6. The van der Waals surface area contributed by atoms with E-state index in [4.69, 9.17) is 37.0 Å². The van der Waals surface area contributed by atoms with E-state index in [0.717, 1.165) is 89.9 Å². The first-order valence-corrected chi connectivity index (χ1v) is 42.9. The number of esters is 4. The summed E-state index contributed by atoms with van der Waals surface area (Å²) in [6, 6.07) is 0. The zero-order valence-corrected chi connectivity index (χ0v) is 64.5. The number of hydrogen-bond donors (Lipinski definition) is 3. The van der Waals surface area contributed by atoms with Crippen LogP contribution >= 0.6 is 15.6 Å². The van der Waals surface area contributed by atoms with E-state index in [1.54, 1.807) is 0 Å². The third-order valence-electron chi connectivity index (χ3n) is 17.3. The van der Waals surface area contributed by atoms with Crippen LogP contribution in [0.1, 0.15) is 374 Å². The lowest BCUT2D eigenvalue weighted by Crippen LogP contribution is -2.30. The van der Waals surface area contributed by atoms with Crippen molar-refractivity contribution in [2.75, 3.05) is 39.6 Å². The minimum Gasteiger partial charge on any atom is -0.462 e. The zero-order chi connectivity index (χ0) is 71.8. The van der Waals surface area contributed by atoms with Gasteiger partial charge in [0.2, 0.25) is 0 Å². The number of carbonyl (C=O) groups is 4. The lowest BCUT2D eigenvalue weighted by molar-refractivity contribution is -0.161. The topological polar surface area (TPSA) is 237 Å². The Balaban J connectivity index is 5.35. The van der Waals surface area contributed by atoms with Crippen molar-refractivity contribution in [1.29, 1.82) is 0 Å². The summed E-state index contributed by atoms with van der Waals surface area (Å²) in [5.74, 6) is -2.20. The van der Waals surface area contributed by atoms with Crippen LogP contribution in [0.15, 0.2) is 48.6 Å². The van der Waals surface area contributed by atoms with E-state index in [1.807, 2.05) is 12.2 Å². The van der Waals surface area contributed by atoms with Crippen molar-refractivity contribution < 1.29 is 80.2 Å². The molecule has 0 aromatic carbocycles. The first-order chi connectivity index (χ1) is 47.7. The molecule has 0 aromatic heterocycles. The summed E-state index contributed by atoms with van der Waals surface area (Å²) >= 11 is 0. The second-order valence-electron chi connectivity index (χ2n) is 27.0. The maximum absolute atomic E-state index is 13.1. The molecule has 0 radical (unpaired) electrons. The molecule has 0 saturated heterocycles. The summed E-state index contributed by atoms with van der Waals surface area (Å²) in [5.41, 5.74) is 0. The third-order valence-corrected chi connectivity index (χ3v) is 19.2. The van der Waals surface area contributed by atoms with Gasteiger partial charge in [-0.15, -0.1) is 0 Å². The maximum Gasteiger partial charge on any atom is 0.472 e. The fraction of sp³-hybridized carbons (Fsp3) is 0.848. The van der Waals surface area contributed by atoms with E-state index in [0.29, 0.717) is 32.1 Å². The maximum atomic E-state index is 13.1. The molecule has 0 amide bonds. The average Bonchev–Trinajstić information content (AvgIpc) is 1.05. The predicted molar refractivity (Wildman–Crippen MR) is 400 cm³/mol. The molecule has 0 heterocycles. The second kappa shape index (κ2) is 72.4. The van der Waals surface area contributed by atoms with Gasteiger partial charge < -0.3 is 33.8 Å². The highest BCUT2D eigenvalue weighted by Gasteiger charge is 2.30. The molecule has 3 N–H and O–H groups in total. The molecule has 98 heavy (non-hydrogen) atoms. The van der Waals surface area contributed by atoms with Gasteiger partial charge in [-0.3, -0.25) is 37.3 Å². The molecule has 0 saturated carbocycles. The van der Waals surface area contributed by atoms with Crippen molar-refractivity contribution in [2.45, 2.75) is 393 Å². The molecule has 5 atom stereocenters. The smallest absolute Gasteiger partial charge is 0.462 e. The normalized spacial score (nSPS) is 14.2. The highest BCUT2D eigenvalue weighted by Crippen LogP contribution is 2.45. The number of phosphoric ester groups is 2. The standard InChI is InChI=1S/C79H146O17P2/c1-5-9-13-17-21-25-29-33-35-36-38-42-46-50-54-58-62-66-79(84)96-75(70-90-77(82)64-60-56-52-48-44-40-32-28-24-20-16-12-8-4)72-94-98(87,88)92-68-73(80)67-91-97(85,86)93-71-74(69-89-76(81)63-59-55-51-47-43-39-31-27-23-19-15-11-7-3)95-78(83)65-61-57-53-49-45-41-37-34-30-26-22-18-14-10-6-2/h21,25,33,35,38,42,50,54,73-75,80H,5-20,22-24,26-32,34,36-37,39-41,43-49,51-53,55-72H2,1-4H3,(H,85,86)(H,87,88)/b25-21-,35-33-,42-38-,54-50-/t73-,74+,75+/m0/s1. The van der Waals surface area contributed by atoms with E-state index in [-0.39, 0.29) is 25.7 Å². The fourth-order valence-corrected chi connectivity index (χ4v) is 12.8. The van der Waals surface area contributed by atoms with Gasteiger partial charge in [-0.25, -0.2) is 9.13 Å². The number of rotatable bonds is 76. The van der Waals surface area contributed by atoms with Crippen LogP contribution in [-0.2, 0) is 65.4 Å². The van der Waals surface area contributed by atoms with Crippen LogP contribution in [0.4, 0.5) is 0 Å². The van der Waals surface area contributed by atoms with Gasteiger partial charge in [0, 0.05) is 25.7 Å². The van der Waals surface area contributed by atoms with Crippen molar-refractivity contribution in [3.8, 4) is 0 Å². The van der Waals surface area contributed by atoms with Crippen LogP contribution in [0.3, 0.4) is 0 Å². The average molecular weight is 1430 g/mol. The number of aliphatic hydroxyl groups excluding tert-OH is 1. The highest BCUT2D eigenvalue weighted by molar-refractivity contribution is 7.47. The van der Waals surface area contributed by atoms with Crippen molar-refractivity contribution >= 4 is 39.5 Å². The molecule has 0 spiro atoms. The predicted octanol–water partition coefficient (Wildman–Crippen LogP) is 22.9. The Morgan fingerprint density at radius 1 is 0.286 bits per heavy atom. The van der Waals surface area contributed by atoms with E-state index in [9.17, 15) is 43.2 Å². The van der Waals surface area contributed by atoms with Gasteiger partial charge in [-0.05, 0) is 64.2 Å². The van der Waals surface area contributed by atoms with Crippen molar-refractivity contribution in [2.24, 2.45) is 0 Å². The fourth-order valence-electron chi connectivity index (χ4n) is 11.2. The summed E-state index contributed by atoms with van der Waals surface area (Å²) < 4.78 is 68.5. The molecular weight excluding hydrogens is 1280 g/mol. The van der Waals surface area contributed by atoms with Gasteiger partial charge in [0.1, 0.15) is 19.3 Å². The van der Waals surface area contributed by atoms with Crippen LogP contribution < -0.4 is 0 Å². The molecule has 574 valence electrons. The Hall–Kier alpha value is -2.98. The number of hydrogen-bond acceptors (Lipinski definition) is 15. The number of phosphoric acid groups is 2. The Labute approximate surface area is 597 Å². The molecule has 2 unspecified atom stereocenters. The van der Waals surface area contributed by atoms with Crippen LogP contribution in [0.5, 0.6) is 0 Å². The van der Waals surface area contributed by atoms with Crippen molar-refractivity contribution in [1.82, 2.24) is 0 Å². The van der Waals surface area contributed by atoms with Crippen molar-refractivity contribution in [3.05, 3.63) is 48.6 Å². The molecule has 0 aliphatic heterocycles. The summed E-state index contributed by atoms with van der Waals surface area (Å²) in [4.78, 5) is 72.9. The molecule has 0 rings (SSSR count). The summed E-state index contributed by atoms with van der Waals surface area (Å²) in [6.45, 7) is 4.87. The van der Waals surface area contributed by atoms with Gasteiger partial charge in [0.15, 0.2) is 12.2 Å². The molecule has 0 fully saturated rings. The third kappa shape index (κ3) is 71.4. The Kier molecular flexibility index (Phi) is 70.2. The van der Waals surface area contributed by atoms with E-state index >= 15 is 0 Å². The van der Waals surface area contributed by atoms with Gasteiger partial charge in [0.25, 0.3) is 0 Å². The molecule has 0 aliphatic rings.